The molecule has 8 heteroatoms. The molecule has 0 aliphatic rings. The average Bonchev–Trinajstić information content (AvgIpc) is 3.47. The van der Waals surface area contributed by atoms with Crippen LogP contribution in [0.4, 0.5) is 4.39 Å². The van der Waals surface area contributed by atoms with Crippen molar-refractivity contribution < 1.29 is 9.50 Å². The number of H-pyrrole nitrogens is 1. The van der Waals surface area contributed by atoms with Crippen LogP contribution in [0.5, 0.6) is 0 Å². The van der Waals surface area contributed by atoms with E-state index in [9.17, 15) is 9.50 Å². The SMILES string of the molecule is CCc1c(C(O)(c2ccccc2)c2ccccc2)nn2cc(F)c(-c3nnn[nH]3)cc12. The second-order valence-corrected chi connectivity index (χ2v) is 7.24. The summed E-state index contributed by atoms with van der Waals surface area (Å²) >= 11 is 0. The molecule has 0 aliphatic heterocycles. The number of aromatic nitrogens is 6. The summed E-state index contributed by atoms with van der Waals surface area (Å²) in [6.45, 7) is 1.98. The van der Waals surface area contributed by atoms with Crippen LogP contribution in [0.1, 0.15) is 29.3 Å². The summed E-state index contributed by atoms with van der Waals surface area (Å²) in [5.41, 5.74) is 2.03. The maximum Gasteiger partial charge on any atom is 0.182 e. The van der Waals surface area contributed by atoms with Gasteiger partial charge in [-0.15, -0.1) is 5.10 Å². The van der Waals surface area contributed by atoms with Gasteiger partial charge in [0.1, 0.15) is 5.69 Å². The molecule has 2 N–H and O–H groups in total. The number of tetrazole rings is 1. The number of hydrogen-bond donors (Lipinski definition) is 2. The van der Waals surface area contributed by atoms with Crippen molar-refractivity contribution in [1.29, 1.82) is 0 Å². The minimum Gasteiger partial charge on any atom is -0.374 e. The van der Waals surface area contributed by atoms with Crippen molar-refractivity contribution >= 4 is 5.52 Å². The van der Waals surface area contributed by atoms with Crippen molar-refractivity contribution in [3.8, 4) is 11.4 Å². The van der Waals surface area contributed by atoms with Gasteiger partial charge >= 0.3 is 0 Å². The molecule has 0 aliphatic carbocycles. The van der Waals surface area contributed by atoms with E-state index in [-0.39, 0.29) is 11.4 Å². The summed E-state index contributed by atoms with van der Waals surface area (Å²) in [5.74, 6) is -0.295. The van der Waals surface area contributed by atoms with Crippen LogP contribution < -0.4 is 0 Å². The van der Waals surface area contributed by atoms with Gasteiger partial charge in [0.15, 0.2) is 17.2 Å². The molecule has 3 heterocycles. The highest BCUT2D eigenvalue weighted by Gasteiger charge is 2.39. The van der Waals surface area contributed by atoms with E-state index in [2.05, 4.69) is 25.7 Å². The molecule has 154 valence electrons. The zero-order valence-corrected chi connectivity index (χ0v) is 16.7. The highest BCUT2D eigenvalue weighted by atomic mass is 19.1. The van der Waals surface area contributed by atoms with Gasteiger partial charge in [-0.05, 0) is 34.0 Å². The summed E-state index contributed by atoms with van der Waals surface area (Å²) in [4.78, 5) is 0. The minimum atomic E-state index is -1.51. The molecule has 0 spiro atoms. The van der Waals surface area contributed by atoms with Crippen molar-refractivity contribution in [3.63, 3.8) is 0 Å². The molecule has 7 nitrogen and oxygen atoms in total. The number of rotatable bonds is 5. The predicted molar refractivity (Wildman–Crippen MR) is 113 cm³/mol. The first-order valence-electron chi connectivity index (χ1n) is 9.91. The monoisotopic (exact) mass is 414 g/mol. The summed E-state index contributed by atoms with van der Waals surface area (Å²) in [6, 6.07) is 20.4. The quantitative estimate of drug-likeness (QED) is 0.459. The Balaban J connectivity index is 1.81. The molecule has 0 saturated heterocycles. The number of benzene rings is 2. The molecule has 3 aromatic heterocycles. The van der Waals surface area contributed by atoms with Gasteiger partial charge < -0.3 is 5.11 Å². The lowest BCUT2D eigenvalue weighted by Gasteiger charge is -2.28. The van der Waals surface area contributed by atoms with Gasteiger partial charge in [0.25, 0.3) is 0 Å². The minimum absolute atomic E-state index is 0.228. The van der Waals surface area contributed by atoms with Crippen LogP contribution in [0.25, 0.3) is 16.9 Å². The summed E-state index contributed by atoms with van der Waals surface area (Å²) < 4.78 is 16.3. The topological polar surface area (TPSA) is 92.0 Å². The average molecular weight is 414 g/mol. The van der Waals surface area contributed by atoms with E-state index in [1.54, 1.807) is 6.07 Å². The first-order chi connectivity index (χ1) is 15.1. The summed E-state index contributed by atoms with van der Waals surface area (Å²) in [6.07, 6.45) is 1.87. The first kappa shape index (κ1) is 19.1. The third-order valence-electron chi connectivity index (χ3n) is 5.50. The van der Waals surface area contributed by atoms with Gasteiger partial charge in [0, 0.05) is 5.56 Å². The fourth-order valence-corrected chi connectivity index (χ4v) is 4.01. The zero-order chi connectivity index (χ0) is 21.4. The van der Waals surface area contributed by atoms with E-state index in [1.165, 1.54) is 10.7 Å². The van der Waals surface area contributed by atoms with Crippen LogP contribution in [0.3, 0.4) is 0 Å². The lowest BCUT2D eigenvalue weighted by atomic mass is 9.81. The zero-order valence-electron chi connectivity index (χ0n) is 16.7. The number of nitrogens with zero attached hydrogens (tertiary/aromatic N) is 5. The first-order valence-corrected chi connectivity index (χ1v) is 9.91. The van der Waals surface area contributed by atoms with E-state index in [0.29, 0.717) is 28.8 Å². The Bertz CT molecular complexity index is 1290. The number of aryl methyl sites for hydroxylation is 1. The van der Waals surface area contributed by atoms with Crippen LogP contribution in [-0.4, -0.2) is 35.3 Å². The van der Waals surface area contributed by atoms with Gasteiger partial charge in [-0.25, -0.2) is 14.0 Å². The van der Waals surface area contributed by atoms with Crippen LogP contribution in [0, 0.1) is 5.82 Å². The van der Waals surface area contributed by atoms with E-state index < -0.39 is 11.4 Å². The van der Waals surface area contributed by atoms with Gasteiger partial charge in [0.05, 0.1) is 17.3 Å². The Morgan fingerprint density at radius 3 is 2.23 bits per heavy atom. The van der Waals surface area contributed by atoms with Gasteiger partial charge in [-0.2, -0.15) is 5.10 Å². The van der Waals surface area contributed by atoms with Crippen molar-refractivity contribution in [3.05, 3.63) is 101 Å². The Morgan fingerprint density at radius 2 is 1.68 bits per heavy atom. The number of hydrogen-bond acceptors (Lipinski definition) is 5. The smallest absolute Gasteiger partial charge is 0.182 e. The molecular weight excluding hydrogens is 395 g/mol. The fraction of sp³-hybridized carbons (Fsp3) is 0.130. The predicted octanol–water partition coefficient (Wildman–Crippen LogP) is 3.50. The van der Waals surface area contributed by atoms with Crippen LogP contribution in [0.15, 0.2) is 72.9 Å². The number of halogens is 1. The molecule has 0 radical (unpaired) electrons. The van der Waals surface area contributed by atoms with Crippen molar-refractivity contribution in [2.45, 2.75) is 18.9 Å². The highest BCUT2D eigenvalue weighted by Crippen LogP contribution is 2.39. The molecule has 0 bridgehead atoms. The van der Waals surface area contributed by atoms with Gasteiger partial charge in [-0.3, -0.25) is 0 Å². The summed E-state index contributed by atoms with van der Waals surface area (Å²) in [5, 5.41) is 30.3. The van der Waals surface area contributed by atoms with Crippen molar-refractivity contribution in [1.82, 2.24) is 30.2 Å². The molecule has 0 fully saturated rings. The fourth-order valence-electron chi connectivity index (χ4n) is 4.01. The van der Waals surface area contributed by atoms with Crippen molar-refractivity contribution in [2.75, 3.05) is 0 Å². The third-order valence-corrected chi connectivity index (χ3v) is 5.50. The lowest BCUT2D eigenvalue weighted by Crippen LogP contribution is -2.30. The lowest BCUT2D eigenvalue weighted by molar-refractivity contribution is 0.119. The van der Waals surface area contributed by atoms with Crippen molar-refractivity contribution in [2.24, 2.45) is 0 Å². The Kier molecular flexibility index (Phi) is 4.56. The van der Waals surface area contributed by atoms with Gasteiger partial charge in [0.2, 0.25) is 0 Å². The maximum atomic E-state index is 14.8. The van der Waals surface area contributed by atoms with Crippen LogP contribution in [-0.2, 0) is 12.0 Å². The molecule has 0 saturated carbocycles. The standard InChI is InChI=1S/C23H19FN6O/c1-2-17-20-13-18(22-25-28-29-26-22)19(24)14-30(20)27-21(17)23(31,15-9-5-3-6-10-15)16-11-7-4-8-12-16/h3-14,31H,2H2,1H3,(H,25,26,28,29). The van der Waals surface area contributed by atoms with Crippen LogP contribution in [0.2, 0.25) is 0 Å². The largest absolute Gasteiger partial charge is 0.374 e. The molecular formula is C23H19FN6O. The summed E-state index contributed by atoms with van der Waals surface area (Å²) in [7, 11) is 0. The molecule has 5 aromatic rings. The molecule has 0 amide bonds. The Labute approximate surface area is 177 Å². The number of aliphatic hydroxyl groups is 1. The Morgan fingerprint density at radius 1 is 1.03 bits per heavy atom. The van der Waals surface area contributed by atoms with E-state index >= 15 is 0 Å². The van der Waals surface area contributed by atoms with Gasteiger partial charge in [-0.1, -0.05) is 67.6 Å². The highest BCUT2D eigenvalue weighted by molar-refractivity contribution is 5.69. The molecule has 0 atom stereocenters. The third kappa shape index (κ3) is 3.00. The molecule has 31 heavy (non-hydrogen) atoms. The van der Waals surface area contributed by atoms with E-state index in [1.807, 2.05) is 67.6 Å². The second-order valence-electron chi connectivity index (χ2n) is 7.24. The number of pyridine rings is 1. The molecule has 0 unspecified atom stereocenters. The maximum absolute atomic E-state index is 14.8. The second kappa shape index (κ2) is 7.41. The molecule has 2 aromatic carbocycles. The normalized spacial score (nSPS) is 11.8. The van der Waals surface area contributed by atoms with E-state index in [4.69, 9.17) is 0 Å². The Hall–Kier alpha value is -3.91. The molecule has 5 rings (SSSR count). The number of aromatic amines is 1. The van der Waals surface area contributed by atoms with Crippen LogP contribution >= 0.6 is 0 Å². The van der Waals surface area contributed by atoms with E-state index in [0.717, 1.165) is 5.56 Å². The number of fused-ring (bicyclic) bond motifs is 1. The number of nitrogens with one attached hydrogen (secondary N) is 1.